The number of hydrogen-bond donors (Lipinski definition) is 2. The Bertz CT molecular complexity index is 245. The van der Waals surface area contributed by atoms with Gasteiger partial charge >= 0.3 is 0 Å². The first-order chi connectivity index (χ1) is 5.79. The minimum Gasteiger partial charge on any atom is -0.396 e. The van der Waals surface area contributed by atoms with Crippen molar-refractivity contribution in [3.8, 4) is 0 Å². The summed E-state index contributed by atoms with van der Waals surface area (Å²) in [4.78, 5) is 0. The molecule has 0 saturated heterocycles. The van der Waals surface area contributed by atoms with Gasteiger partial charge in [-0.3, -0.25) is 0 Å². The smallest absolute Gasteiger partial charge is 0.0684 e. The molecule has 12 heavy (non-hydrogen) atoms. The van der Waals surface area contributed by atoms with Crippen LogP contribution in [0.2, 0.25) is 0 Å². The van der Waals surface area contributed by atoms with Crippen LogP contribution < -0.4 is 0 Å². The normalized spacial score (nSPS) is 12.9. The average Bonchev–Trinajstić information content (AvgIpc) is 2.16. The fourth-order valence-corrected chi connectivity index (χ4v) is 1.26. The second-order valence-corrected chi connectivity index (χ2v) is 2.94. The summed E-state index contributed by atoms with van der Waals surface area (Å²) in [6.07, 6.45) is 0. The van der Waals surface area contributed by atoms with Crippen LogP contribution in [0.4, 0.5) is 0 Å². The third kappa shape index (κ3) is 1.84. The molecule has 1 aromatic rings. The Morgan fingerprint density at radius 2 is 1.92 bits per heavy atom. The van der Waals surface area contributed by atoms with Crippen molar-refractivity contribution in [1.82, 2.24) is 0 Å². The lowest BCUT2D eigenvalue weighted by Gasteiger charge is -2.11. The highest BCUT2D eigenvalue weighted by atomic mass is 16.3. The van der Waals surface area contributed by atoms with E-state index in [9.17, 15) is 0 Å². The molecule has 0 radical (unpaired) electrons. The Balaban J connectivity index is 2.96. The predicted octanol–water partition coefficient (Wildman–Crippen LogP) is 1.27. The summed E-state index contributed by atoms with van der Waals surface area (Å²) in [5.74, 6) is 0.105. The van der Waals surface area contributed by atoms with Gasteiger partial charge < -0.3 is 10.2 Å². The number of aliphatic hydroxyl groups excluding tert-OH is 2. The van der Waals surface area contributed by atoms with Crippen molar-refractivity contribution in [2.24, 2.45) is 0 Å². The summed E-state index contributed by atoms with van der Waals surface area (Å²) in [6.45, 7) is 2.10. The van der Waals surface area contributed by atoms with Crippen LogP contribution in [0.5, 0.6) is 0 Å². The molecule has 2 N–H and O–H groups in total. The van der Waals surface area contributed by atoms with Crippen molar-refractivity contribution in [3.05, 3.63) is 35.4 Å². The van der Waals surface area contributed by atoms with Crippen molar-refractivity contribution in [2.45, 2.75) is 19.4 Å². The zero-order chi connectivity index (χ0) is 8.97. The summed E-state index contributed by atoms with van der Waals surface area (Å²) >= 11 is 0. The third-order valence-electron chi connectivity index (χ3n) is 2.03. The van der Waals surface area contributed by atoms with Gasteiger partial charge in [0.05, 0.1) is 6.61 Å². The summed E-state index contributed by atoms with van der Waals surface area (Å²) in [5, 5.41) is 17.9. The van der Waals surface area contributed by atoms with Crippen LogP contribution in [-0.2, 0) is 6.61 Å². The molecule has 0 aromatic heterocycles. The van der Waals surface area contributed by atoms with Gasteiger partial charge in [0.2, 0.25) is 0 Å². The van der Waals surface area contributed by atoms with E-state index >= 15 is 0 Å². The van der Waals surface area contributed by atoms with Gasteiger partial charge in [0.25, 0.3) is 0 Å². The summed E-state index contributed by atoms with van der Waals surface area (Å²) < 4.78 is 0. The molecular formula is C10H14O2. The highest BCUT2D eigenvalue weighted by molar-refractivity contribution is 5.29. The number of benzene rings is 1. The maximum Gasteiger partial charge on any atom is 0.0684 e. The Morgan fingerprint density at radius 1 is 1.25 bits per heavy atom. The first-order valence-corrected chi connectivity index (χ1v) is 4.09. The fraction of sp³-hybridized carbons (Fsp3) is 0.400. The largest absolute Gasteiger partial charge is 0.396 e. The van der Waals surface area contributed by atoms with Gasteiger partial charge in [0.1, 0.15) is 0 Å². The minimum absolute atomic E-state index is 0.0422. The summed E-state index contributed by atoms with van der Waals surface area (Å²) in [5.41, 5.74) is 1.93. The lowest BCUT2D eigenvalue weighted by Crippen LogP contribution is -2.02. The van der Waals surface area contributed by atoms with E-state index in [0.29, 0.717) is 0 Å². The number of hydrogen-bond acceptors (Lipinski definition) is 2. The Kier molecular flexibility index (Phi) is 3.26. The molecule has 0 aliphatic carbocycles. The predicted molar refractivity (Wildman–Crippen MR) is 47.9 cm³/mol. The van der Waals surface area contributed by atoms with E-state index in [-0.39, 0.29) is 19.1 Å². The molecule has 0 heterocycles. The molecule has 0 spiro atoms. The van der Waals surface area contributed by atoms with Gasteiger partial charge in [-0.25, -0.2) is 0 Å². The van der Waals surface area contributed by atoms with Crippen molar-refractivity contribution in [1.29, 1.82) is 0 Å². The quantitative estimate of drug-likeness (QED) is 0.710. The van der Waals surface area contributed by atoms with Gasteiger partial charge in [-0.15, -0.1) is 0 Å². The van der Waals surface area contributed by atoms with Gasteiger partial charge in [-0.05, 0) is 11.1 Å². The van der Waals surface area contributed by atoms with Crippen LogP contribution in [0.1, 0.15) is 24.0 Å². The lowest BCUT2D eigenvalue weighted by molar-refractivity contribution is 0.263. The van der Waals surface area contributed by atoms with E-state index in [2.05, 4.69) is 0 Å². The molecule has 0 aliphatic heterocycles. The summed E-state index contributed by atoms with van der Waals surface area (Å²) in [7, 11) is 0. The van der Waals surface area contributed by atoms with Crippen LogP contribution in [0.3, 0.4) is 0 Å². The Labute approximate surface area is 72.5 Å². The molecule has 0 aliphatic rings. The second-order valence-electron chi connectivity index (χ2n) is 2.94. The molecular weight excluding hydrogens is 152 g/mol. The van der Waals surface area contributed by atoms with E-state index in [4.69, 9.17) is 10.2 Å². The molecule has 66 valence electrons. The summed E-state index contributed by atoms with van der Waals surface area (Å²) in [6, 6.07) is 7.62. The van der Waals surface area contributed by atoms with Gasteiger partial charge in [-0.1, -0.05) is 31.2 Å². The fourth-order valence-electron chi connectivity index (χ4n) is 1.26. The molecule has 2 nitrogen and oxygen atoms in total. The Hall–Kier alpha value is -0.860. The van der Waals surface area contributed by atoms with Crippen LogP contribution in [-0.4, -0.2) is 16.8 Å². The first-order valence-electron chi connectivity index (χ1n) is 4.09. The lowest BCUT2D eigenvalue weighted by atomic mass is 9.97. The molecule has 0 amide bonds. The van der Waals surface area contributed by atoms with Crippen LogP contribution >= 0.6 is 0 Å². The average molecular weight is 166 g/mol. The van der Waals surface area contributed by atoms with Crippen molar-refractivity contribution < 1.29 is 10.2 Å². The van der Waals surface area contributed by atoms with E-state index in [1.807, 2.05) is 31.2 Å². The van der Waals surface area contributed by atoms with Crippen LogP contribution in [0, 0.1) is 0 Å². The van der Waals surface area contributed by atoms with E-state index in [1.165, 1.54) is 0 Å². The molecule has 1 atom stereocenters. The van der Waals surface area contributed by atoms with Crippen molar-refractivity contribution in [3.63, 3.8) is 0 Å². The van der Waals surface area contributed by atoms with Crippen molar-refractivity contribution in [2.75, 3.05) is 6.61 Å². The first kappa shape index (κ1) is 9.23. The molecule has 0 bridgehead atoms. The highest BCUT2D eigenvalue weighted by Crippen LogP contribution is 2.18. The highest BCUT2D eigenvalue weighted by Gasteiger charge is 2.07. The zero-order valence-electron chi connectivity index (χ0n) is 7.20. The maximum atomic E-state index is 8.98. The van der Waals surface area contributed by atoms with Gasteiger partial charge in [-0.2, -0.15) is 0 Å². The second kappa shape index (κ2) is 4.24. The van der Waals surface area contributed by atoms with Gasteiger partial charge in [0, 0.05) is 12.5 Å². The number of aliphatic hydroxyl groups is 2. The SMILES string of the molecule is CC(CO)c1ccccc1CO. The molecule has 1 aromatic carbocycles. The maximum absolute atomic E-state index is 8.98. The number of rotatable bonds is 3. The van der Waals surface area contributed by atoms with Gasteiger partial charge in [0.15, 0.2) is 0 Å². The van der Waals surface area contributed by atoms with E-state index in [1.54, 1.807) is 0 Å². The van der Waals surface area contributed by atoms with E-state index in [0.717, 1.165) is 11.1 Å². The third-order valence-corrected chi connectivity index (χ3v) is 2.03. The molecule has 0 saturated carbocycles. The molecule has 0 fully saturated rings. The zero-order valence-corrected chi connectivity index (χ0v) is 7.20. The standard InChI is InChI=1S/C10H14O2/c1-8(6-11)10-5-3-2-4-9(10)7-12/h2-5,8,11-12H,6-7H2,1H3. The minimum atomic E-state index is 0.0422. The monoisotopic (exact) mass is 166 g/mol. The molecule has 2 heteroatoms. The Morgan fingerprint density at radius 3 is 2.50 bits per heavy atom. The van der Waals surface area contributed by atoms with Crippen LogP contribution in [0.25, 0.3) is 0 Å². The molecule has 1 unspecified atom stereocenters. The molecule has 1 rings (SSSR count). The van der Waals surface area contributed by atoms with E-state index < -0.39 is 0 Å². The topological polar surface area (TPSA) is 40.5 Å². The van der Waals surface area contributed by atoms with Crippen LogP contribution in [0.15, 0.2) is 24.3 Å². The van der Waals surface area contributed by atoms with Crippen molar-refractivity contribution >= 4 is 0 Å².